The number of hydrogen-bond donors (Lipinski definition) is 2. The lowest BCUT2D eigenvalue weighted by Crippen LogP contribution is -2.38. The van der Waals surface area contributed by atoms with Crippen LogP contribution >= 0.6 is 0 Å². The Bertz CT molecular complexity index is 1260. The van der Waals surface area contributed by atoms with Crippen molar-refractivity contribution in [2.24, 2.45) is 11.8 Å². The molecule has 6 nitrogen and oxygen atoms in total. The highest BCUT2D eigenvalue weighted by Crippen LogP contribution is 2.35. The number of nitrogens with one attached hydrogen (secondary N) is 2. The van der Waals surface area contributed by atoms with Gasteiger partial charge in [0.15, 0.2) is 11.6 Å². The van der Waals surface area contributed by atoms with Crippen molar-refractivity contribution in [3.8, 4) is 0 Å². The van der Waals surface area contributed by atoms with E-state index in [0.29, 0.717) is 24.6 Å². The van der Waals surface area contributed by atoms with Gasteiger partial charge in [-0.1, -0.05) is 13.0 Å². The van der Waals surface area contributed by atoms with Crippen LogP contribution in [0.25, 0.3) is 16.6 Å². The number of fused-ring (bicyclic) bond motifs is 1. The van der Waals surface area contributed by atoms with Crippen LogP contribution in [0.15, 0.2) is 42.6 Å². The van der Waals surface area contributed by atoms with Crippen LogP contribution in [0.5, 0.6) is 0 Å². The molecule has 1 unspecified atom stereocenters. The molecular formula is C24H22F2N4O2. The molecule has 32 heavy (non-hydrogen) atoms. The maximum atomic E-state index is 13.6. The highest BCUT2D eigenvalue weighted by molar-refractivity contribution is 5.98. The molecule has 2 amide bonds. The Hall–Kier alpha value is -3.55. The second kappa shape index (κ2) is 7.85. The predicted octanol–water partition coefficient (Wildman–Crippen LogP) is 4.37. The zero-order valence-electron chi connectivity index (χ0n) is 17.5. The number of rotatable bonds is 4. The molecule has 2 aromatic heterocycles. The van der Waals surface area contributed by atoms with Crippen LogP contribution in [-0.4, -0.2) is 39.8 Å². The zero-order chi connectivity index (χ0) is 22.4. The number of nitrogens with zero attached hydrogens (tertiary/aromatic N) is 2. The number of pyridine rings is 1. The summed E-state index contributed by atoms with van der Waals surface area (Å²) in [7, 11) is 0. The molecular weight excluding hydrogens is 414 g/mol. The van der Waals surface area contributed by atoms with Crippen molar-refractivity contribution in [2.75, 3.05) is 18.4 Å². The van der Waals surface area contributed by atoms with E-state index in [1.165, 1.54) is 6.07 Å². The van der Waals surface area contributed by atoms with Gasteiger partial charge in [0.2, 0.25) is 5.91 Å². The number of benzene rings is 1. The SMILES string of the molecule is CC1CN(C(=O)c2ccc(F)c(F)c2)CC=C1c1cc(NC(=O)C2CC2)nc2[nH]ccc12. The van der Waals surface area contributed by atoms with E-state index < -0.39 is 11.6 Å². The minimum Gasteiger partial charge on any atom is -0.346 e. The number of H-pyrrole nitrogens is 1. The molecule has 0 saturated heterocycles. The lowest BCUT2D eigenvalue weighted by Gasteiger charge is -2.32. The number of halogens is 2. The molecule has 2 aliphatic rings. The van der Waals surface area contributed by atoms with Crippen LogP contribution in [0.3, 0.4) is 0 Å². The van der Waals surface area contributed by atoms with E-state index in [1.807, 2.05) is 25.1 Å². The first-order chi connectivity index (χ1) is 15.4. The van der Waals surface area contributed by atoms with Gasteiger partial charge in [-0.25, -0.2) is 13.8 Å². The normalized spacial score (nSPS) is 18.5. The first kappa shape index (κ1) is 20.4. The monoisotopic (exact) mass is 436 g/mol. The average Bonchev–Trinajstić information content (AvgIpc) is 3.53. The molecule has 1 fully saturated rings. The second-order valence-electron chi connectivity index (χ2n) is 8.46. The van der Waals surface area contributed by atoms with E-state index in [-0.39, 0.29) is 29.2 Å². The van der Waals surface area contributed by atoms with Crippen LogP contribution in [0.2, 0.25) is 0 Å². The Labute approximate surface area is 183 Å². The molecule has 2 N–H and O–H groups in total. The van der Waals surface area contributed by atoms with E-state index in [1.54, 1.807) is 11.1 Å². The first-order valence-corrected chi connectivity index (χ1v) is 10.6. The Balaban J connectivity index is 1.43. The standard InChI is InChI=1S/C24H22F2N4O2/c1-13-12-30(24(32)15-4-5-19(25)20(26)10-15)9-7-16(13)18-11-21(29-23(31)14-2-3-14)28-22-17(18)6-8-27-22/h4-8,10-11,13-14H,2-3,9,12H2,1H3,(H2,27,28,29,31). The van der Waals surface area contributed by atoms with Crippen LogP contribution in [0.4, 0.5) is 14.6 Å². The van der Waals surface area contributed by atoms with Crippen molar-refractivity contribution < 1.29 is 18.4 Å². The fraction of sp³-hybridized carbons (Fsp3) is 0.292. The Morgan fingerprint density at radius 1 is 1.16 bits per heavy atom. The van der Waals surface area contributed by atoms with Gasteiger partial charge in [0, 0.05) is 36.2 Å². The number of aromatic nitrogens is 2. The maximum Gasteiger partial charge on any atom is 0.254 e. The van der Waals surface area contributed by atoms with Gasteiger partial charge in [-0.3, -0.25) is 9.59 Å². The number of hydrogen-bond acceptors (Lipinski definition) is 3. The van der Waals surface area contributed by atoms with E-state index in [9.17, 15) is 18.4 Å². The summed E-state index contributed by atoms with van der Waals surface area (Å²) < 4.78 is 26.8. The molecule has 1 atom stereocenters. The summed E-state index contributed by atoms with van der Waals surface area (Å²) in [6.07, 6.45) is 5.60. The van der Waals surface area contributed by atoms with Crippen LogP contribution in [-0.2, 0) is 4.79 Å². The van der Waals surface area contributed by atoms with Crippen LogP contribution in [0.1, 0.15) is 35.7 Å². The predicted molar refractivity (Wildman–Crippen MR) is 117 cm³/mol. The lowest BCUT2D eigenvalue weighted by molar-refractivity contribution is -0.117. The summed E-state index contributed by atoms with van der Waals surface area (Å²) in [5.41, 5.74) is 2.81. The molecule has 1 aliphatic heterocycles. The summed E-state index contributed by atoms with van der Waals surface area (Å²) >= 11 is 0. The summed E-state index contributed by atoms with van der Waals surface area (Å²) in [5.74, 6) is -1.81. The molecule has 1 saturated carbocycles. The van der Waals surface area contributed by atoms with Gasteiger partial charge in [0.25, 0.3) is 5.91 Å². The molecule has 1 aliphatic carbocycles. The van der Waals surface area contributed by atoms with Crippen molar-refractivity contribution in [3.05, 3.63) is 65.4 Å². The van der Waals surface area contributed by atoms with Gasteiger partial charge >= 0.3 is 0 Å². The summed E-state index contributed by atoms with van der Waals surface area (Å²) in [5, 5.41) is 3.85. The molecule has 8 heteroatoms. The number of carbonyl (C=O) groups is 2. The maximum absolute atomic E-state index is 13.6. The topological polar surface area (TPSA) is 78.1 Å². The van der Waals surface area contributed by atoms with Crippen LogP contribution in [0, 0.1) is 23.5 Å². The summed E-state index contributed by atoms with van der Waals surface area (Å²) in [6, 6.07) is 7.02. The molecule has 5 rings (SSSR count). The average molecular weight is 436 g/mol. The summed E-state index contributed by atoms with van der Waals surface area (Å²) in [6.45, 7) is 2.79. The smallest absolute Gasteiger partial charge is 0.254 e. The third-order valence-corrected chi connectivity index (χ3v) is 6.05. The largest absolute Gasteiger partial charge is 0.346 e. The van der Waals surface area contributed by atoms with Crippen molar-refractivity contribution in [1.29, 1.82) is 0 Å². The third-order valence-electron chi connectivity index (χ3n) is 6.05. The minimum atomic E-state index is -1.04. The molecule has 0 radical (unpaired) electrons. The van der Waals surface area contributed by atoms with Crippen molar-refractivity contribution in [3.63, 3.8) is 0 Å². The Morgan fingerprint density at radius 2 is 1.97 bits per heavy atom. The van der Waals surface area contributed by atoms with E-state index >= 15 is 0 Å². The molecule has 1 aromatic carbocycles. The van der Waals surface area contributed by atoms with Crippen molar-refractivity contribution in [1.82, 2.24) is 14.9 Å². The van der Waals surface area contributed by atoms with Gasteiger partial charge in [-0.05, 0) is 60.2 Å². The van der Waals surface area contributed by atoms with Gasteiger partial charge < -0.3 is 15.2 Å². The van der Waals surface area contributed by atoms with E-state index in [2.05, 4.69) is 15.3 Å². The Morgan fingerprint density at radius 3 is 2.69 bits per heavy atom. The lowest BCUT2D eigenvalue weighted by atomic mass is 9.89. The number of carbonyl (C=O) groups excluding carboxylic acids is 2. The van der Waals surface area contributed by atoms with E-state index in [4.69, 9.17) is 0 Å². The van der Waals surface area contributed by atoms with Gasteiger partial charge in [0.1, 0.15) is 11.5 Å². The number of amides is 2. The van der Waals surface area contributed by atoms with Crippen LogP contribution < -0.4 is 5.32 Å². The van der Waals surface area contributed by atoms with Gasteiger partial charge in [0.05, 0.1) is 0 Å². The minimum absolute atomic E-state index is 0.00882. The highest BCUT2D eigenvalue weighted by Gasteiger charge is 2.30. The first-order valence-electron chi connectivity index (χ1n) is 10.6. The van der Waals surface area contributed by atoms with Crippen molar-refractivity contribution in [2.45, 2.75) is 19.8 Å². The quantitative estimate of drug-likeness (QED) is 0.638. The molecule has 0 bridgehead atoms. The van der Waals surface area contributed by atoms with Crippen molar-refractivity contribution >= 4 is 34.2 Å². The molecule has 0 spiro atoms. The fourth-order valence-corrected chi connectivity index (χ4v) is 4.18. The van der Waals surface area contributed by atoms with Gasteiger partial charge in [-0.15, -0.1) is 0 Å². The fourth-order valence-electron chi connectivity index (χ4n) is 4.18. The molecule has 164 valence electrons. The highest BCUT2D eigenvalue weighted by atomic mass is 19.2. The molecule has 3 heterocycles. The van der Waals surface area contributed by atoms with E-state index in [0.717, 1.165) is 41.5 Å². The number of aromatic amines is 1. The second-order valence-corrected chi connectivity index (χ2v) is 8.46. The number of anilines is 1. The Kier molecular flexibility index (Phi) is 5.00. The molecule has 3 aromatic rings. The summed E-state index contributed by atoms with van der Waals surface area (Å²) in [4.78, 5) is 34.3. The van der Waals surface area contributed by atoms with Gasteiger partial charge in [-0.2, -0.15) is 0 Å². The zero-order valence-corrected chi connectivity index (χ0v) is 17.5. The third kappa shape index (κ3) is 3.77.